The van der Waals surface area contributed by atoms with E-state index in [0.717, 1.165) is 31.0 Å². The van der Waals surface area contributed by atoms with Crippen molar-refractivity contribution in [2.75, 3.05) is 54.4 Å². The first-order chi connectivity index (χ1) is 30.1. The van der Waals surface area contributed by atoms with Gasteiger partial charge in [0.25, 0.3) is 0 Å². The van der Waals surface area contributed by atoms with Crippen LogP contribution in [-0.2, 0) is 20.9 Å². The molecule has 8 bridgehead atoms. The van der Waals surface area contributed by atoms with Crippen LogP contribution in [0.5, 0.6) is 0 Å². The smallest absolute Gasteiger partial charge is 0.245 e. The molecule has 62 heavy (non-hydrogen) atoms. The van der Waals surface area contributed by atoms with E-state index < -0.39 is 35.6 Å². The first-order valence-electron chi connectivity index (χ1n) is 21.5. The molecule has 6 fully saturated rings. The molecule has 1 aliphatic carbocycles. The summed E-state index contributed by atoms with van der Waals surface area (Å²) in [5.74, 6) is 0.455. The molecule has 15 nitrogen and oxygen atoms in total. The molecular weight excluding hydrogens is 802 g/mol. The topological polar surface area (TPSA) is 143 Å². The molecule has 6 aliphatic heterocycles. The Morgan fingerprint density at radius 3 is 2.61 bits per heavy atom. The Kier molecular flexibility index (Phi) is 8.53. The van der Waals surface area contributed by atoms with E-state index in [2.05, 4.69) is 10.4 Å². The maximum absolute atomic E-state index is 15.5. The van der Waals surface area contributed by atoms with Gasteiger partial charge in [0.1, 0.15) is 46.9 Å². The van der Waals surface area contributed by atoms with Crippen molar-refractivity contribution in [3.8, 4) is 16.9 Å². The van der Waals surface area contributed by atoms with E-state index in [0.29, 0.717) is 104 Å². The van der Waals surface area contributed by atoms with Gasteiger partial charge in [-0.1, -0.05) is 6.07 Å². The molecule has 318 valence electrons. The van der Waals surface area contributed by atoms with Gasteiger partial charge in [-0.25, -0.2) is 27.8 Å². The molecule has 2 amide bonds. The summed E-state index contributed by atoms with van der Waals surface area (Å²) >= 11 is 0. The van der Waals surface area contributed by atoms with Gasteiger partial charge in [0, 0.05) is 63.1 Å². The number of aryl methyl sites for hydroxylation is 1. The lowest BCUT2D eigenvalue weighted by Gasteiger charge is -2.55. The van der Waals surface area contributed by atoms with Gasteiger partial charge < -0.3 is 34.2 Å². The molecule has 7 aliphatic rings. The summed E-state index contributed by atoms with van der Waals surface area (Å²) in [6, 6.07) is 10.3. The second-order valence-electron chi connectivity index (χ2n) is 17.6. The van der Waals surface area contributed by atoms with Crippen LogP contribution in [-0.4, -0.2) is 125 Å². The number of hydrogen-bond acceptors (Lipinski definition) is 11. The standard InChI is InChI=1S/C44H43F3N12O3/c1-23-49-34-14-26(46)12-30-33-4-2-5-38(51-33)50-27-15-36(42(60)54-10-3-11-62-29(21-54)22-56(23)39(30)34)57(19-27)40-31-17-48-59(35-9-8-25(45)13-32(35)47)41(31)53-44(52-40)58-28-16-37(58)43(61)55(20-28)18-24-6-7-24/h2,4-5,8-9,12-14,17,24,27-29,36-37H,3,6-7,10-11,15-16,18-22H2,1H3,(H,50,51)/t27-,28-,29+,36-,37+/m0/s1. The third-order valence-electron chi connectivity index (χ3n) is 13.5. The van der Waals surface area contributed by atoms with E-state index in [-0.39, 0.29) is 41.2 Å². The highest BCUT2D eigenvalue weighted by Crippen LogP contribution is 2.42. The Morgan fingerprint density at radius 2 is 1.77 bits per heavy atom. The van der Waals surface area contributed by atoms with Gasteiger partial charge in [0.2, 0.25) is 17.8 Å². The SMILES string of the molecule is Cc1nc2cc(F)cc3c2n1C[C@H]1CN(CCCO1)C(=O)[C@@H]1C[C@@H](CN1c1nc(N2[C@H]4C[C@@H]2C(=O)N(CC2CC2)C4)nc2c1cnn2-c1ccc(F)cc1F)Nc1cccc-3n1. The van der Waals surface area contributed by atoms with Gasteiger partial charge in [0.05, 0.1) is 47.0 Å². The number of piperidine rings is 1. The maximum Gasteiger partial charge on any atom is 0.245 e. The van der Waals surface area contributed by atoms with E-state index >= 15 is 13.6 Å². The first-order valence-corrected chi connectivity index (χ1v) is 21.5. The van der Waals surface area contributed by atoms with E-state index in [1.165, 1.54) is 28.9 Å². The Hall–Kier alpha value is -6.30. The predicted molar refractivity (Wildman–Crippen MR) is 222 cm³/mol. The van der Waals surface area contributed by atoms with Crippen molar-refractivity contribution in [1.82, 2.24) is 44.1 Å². The van der Waals surface area contributed by atoms with Crippen molar-refractivity contribution in [3.05, 3.63) is 78.0 Å². The molecule has 18 heteroatoms. The van der Waals surface area contributed by atoms with Crippen LogP contribution in [0.15, 0.2) is 54.7 Å². The number of ether oxygens (including phenoxy) is 1. The fourth-order valence-corrected chi connectivity index (χ4v) is 10.3. The zero-order chi connectivity index (χ0) is 42.0. The molecule has 10 heterocycles. The Balaban J connectivity index is 0.984. The van der Waals surface area contributed by atoms with Crippen molar-refractivity contribution in [1.29, 1.82) is 0 Å². The number of anilines is 3. The van der Waals surface area contributed by atoms with E-state index in [1.54, 1.807) is 6.20 Å². The lowest BCUT2D eigenvalue weighted by atomic mass is 9.87. The summed E-state index contributed by atoms with van der Waals surface area (Å²) in [5, 5.41) is 8.63. The second kappa shape index (κ2) is 14.1. The van der Waals surface area contributed by atoms with Gasteiger partial charge in [-0.3, -0.25) is 9.59 Å². The number of piperazine rings is 1. The molecule has 0 unspecified atom stereocenters. The lowest BCUT2D eigenvalue weighted by molar-refractivity contribution is -0.140. The number of hydrogen-bond donors (Lipinski definition) is 1. The van der Waals surface area contributed by atoms with Crippen molar-refractivity contribution in [3.63, 3.8) is 0 Å². The number of pyridine rings is 1. The summed E-state index contributed by atoms with van der Waals surface area (Å²) < 4.78 is 54.7. The van der Waals surface area contributed by atoms with Gasteiger partial charge in [-0.15, -0.1) is 0 Å². The number of nitrogens with zero attached hydrogens (tertiary/aromatic N) is 11. The average molecular weight is 845 g/mol. The van der Waals surface area contributed by atoms with E-state index in [4.69, 9.17) is 24.7 Å². The number of carbonyl (C=O) groups excluding carboxylic acids is 2. The number of imidazole rings is 1. The van der Waals surface area contributed by atoms with Crippen LogP contribution in [0.1, 0.15) is 37.9 Å². The minimum Gasteiger partial charge on any atom is -0.374 e. The number of fused-ring (bicyclic) bond motifs is 10. The van der Waals surface area contributed by atoms with Crippen LogP contribution in [0, 0.1) is 30.3 Å². The fourth-order valence-electron chi connectivity index (χ4n) is 10.3. The van der Waals surface area contributed by atoms with Crippen molar-refractivity contribution < 1.29 is 27.5 Å². The number of aromatic nitrogens is 7. The van der Waals surface area contributed by atoms with Gasteiger partial charge in [-0.2, -0.15) is 15.1 Å². The zero-order valence-electron chi connectivity index (χ0n) is 33.9. The van der Waals surface area contributed by atoms with Crippen molar-refractivity contribution in [2.45, 2.75) is 75.8 Å². The molecule has 1 saturated carbocycles. The number of nitrogens with one attached hydrogen (secondary N) is 1. The molecule has 0 spiro atoms. The minimum absolute atomic E-state index is 0.00376. The number of benzene rings is 2. The van der Waals surface area contributed by atoms with Crippen LogP contribution in [0.25, 0.3) is 39.0 Å². The minimum atomic E-state index is -0.820. The largest absolute Gasteiger partial charge is 0.374 e. The van der Waals surface area contributed by atoms with E-state index in [1.807, 2.05) is 49.3 Å². The summed E-state index contributed by atoms with van der Waals surface area (Å²) in [5.41, 5.74) is 2.68. The van der Waals surface area contributed by atoms with Gasteiger partial charge >= 0.3 is 0 Å². The first kappa shape index (κ1) is 37.5. The van der Waals surface area contributed by atoms with Crippen LogP contribution in [0.4, 0.5) is 30.8 Å². The van der Waals surface area contributed by atoms with Crippen LogP contribution in [0.2, 0.25) is 0 Å². The summed E-state index contributed by atoms with van der Waals surface area (Å²) in [7, 11) is 0. The molecule has 13 rings (SSSR count). The molecule has 0 radical (unpaired) electrons. The zero-order valence-corrected chi connectivity index (χ0v) is 33.9. The Morgan fingerprint density at radius 1 is 0.887 bits per heavy atom. The normalized spacial score (nSPS) is 24.9. The van der Waals surface area contributed by atoms with Crippen LogP contribution in [0.3, 0.4) is 0 Å². The Bertz CT molecular complexity index is 2830. The number of halogens is 3. The predicted octanol–water partition coefficient (Wildman–Crippen LogP) is 4.84. The van der Waals surface area contributed by atoms with Crippen LogP contribution >= 0.6 is 0 Å². The Labute approximate surface area is 353 Å². The number of amides is 2. The second-order valence-corrected chi connectivity index (χ2v) is 17.6. The molecule has 2 aromatic carbocycles. The maximum atomic E-state index is 15.5. The molecule has 5 atom stereocenters. The fraction of sp³-hybridized carbons (Fsp3) is 0.432. The third kappa shape index (κ3) is 6.15. The highest BCUT2D eigenvalue weighted by Gasteiger charge is 2.53. The van der Waals surface area contributed by atoms with Crippen molar-refractivity contribution >= 4 is 51.5 Å². The summed E-state index contributed by atoms with van der Waals surface area (Å²) in [6.07, 6.45) is 5.11. The van der Waals surface area contributed by atoms with E-state index in [9.17, 15) is 9.18 Å². The van der Waals surface area contributed by atoms with Gasteiger partial charge in [-0.05, 0) is 75.3 Å². The molecule has 4 aromatic heterocycles. The quantitative estimate of drug-likeness (QED) is 0.255. The summed E-state index contributed by atoms with van der Waals surface area (Å²) in [6.45, 7) is 5.12. The van der Waals surface area contributed by atoms with Crippen LogP contribution < -0.4 is 15.1 Å². The third-order valence-corrected chi connectivity index (χ3v) is 13.5. The van der Waals surface area contributed by atoms with Gasteiger partial charge in [0.15, 0.2) is 11.5 Å². The lowest BCUT2D eigenvalue weighted by Crippen LogP contribution is -2.72. The van der Waals surface area contributed by atoms with Crippen molar-refractivity contribution in [2.24, 2.45) is 5.92 Å². The molecule has 1 N–H and O–H groups in total. The summed E-state index contributed by atoms with van der Waals surface area (Å²) in [4.78, 5) is 56.7. The molecule has 5 saturated heterocycles. The monoisotopic (exact) mass is 844 g/mol. The number of carbonyl (C=O) groups is 2. The highest BCUT2D eigenvalue weighted by molar-refractivity contribution is 5.95. The molecule has 6 aromatic rings. The number of rotatable bonds is 5. The average Bonchev–Trinajstić information content (AvgIpc) is 3.78. The molecular formula is C44H43F3N12O3. The highest BCUT2D eigenvalue weighted by atomic mass is 19.1.